The molecule has 7 atom stereocenters. The molecule has 2 unspecified atom stereocenters. The topological polar surface area (TPSA) is 49.7 Å². The molecule has 3 nitrogen and oxygen atoms in total. The maximum Gasteiger partial charge on any atom is 0.203 e. The summed E-state index contributed by atoms with van der Waals surface area (Å²) in [6, 6.07) is 0. The van der Waals surface area contributed by atoms with Gasteiger partial charge >= 0.3 is 0 Å². The van der Waals surface area contributed by atoms with Gasteiger partial charge in [0.05, 0.1) is 0 Å². The fourth-order valence-electron chi connectivity index (χ4n) is 7.13. The molecule has 136 valence electrons. The highest BCUT2D eigenvalue weighted by atomic mass is 16.4. The molecule has 3 fully saturated rings. The van der Waals surface area contributed by atoms with Gasteiger partial charge in [-0.05, 0) is 78.6 Å². The van der Waals surface area contributed by atoms with Crippen LogP contribution in [-0.4, -0.2) is 16.7 Å². The van der Waals surface area contributed by atoms with Crippen molar-refractivity contribution in [3.05, 3.63) is 24.3 Å². The van der Waals surface area contributed by atoms with Crippen LogP contribution in [0.1, 0.15) is 59.3 Å². The van der Waals surface area contributed by atoms with Gasteiger partial charge in [-0.15, -0.1) is 6.58 Å². The Hall–Kier alpha value is -1.38. The first-order chi connectivity index (χ1) is 11.8. The Balaban J connectivity index is 1.79. The minimum absolute atomic E-state index is 0.0349. The van der Waals surface area contributed by atoms with E-state index in [1.54, 1.807) is 6.08 Å². The standard InChI is InChI=1S/C22H31NO2/c1-5-14-10-15-11-19(24)18(23-25)12-22(15,4)17-8-9-21(3)13(2)6-7-16(21)20(14)17/h5,11,13-14,16-17,20,25H,1,6-10,12H2,2-4H3/t13?,14?,16-,17+,20-,21+,22-/m0/s1. The maximum absolute atomic E-state index is 12.3. The minimum atomic E-state index is -0.105. The van der Waals surface area contributed by atoms with Gasteiger partial charge in [0, 0.05) is 6.42 Å². The average molecular weight is 341 g/mol. The van der Waals surface area contributed by atoms with E-state index in [4.69, 9.17) is 0 Å². The second-order valence-corrected chi connectivity index (χ2v) is 9.59. The predicted octanol–water partition coefficient (Wildman–Crippen LogP) is 5.01. The number of hydrogen-bond donors (Lipinski definition) is 1. The molecule has 25 heavy (non-hydrogen) atoms. The summed E-state index contributed by atoms with van der Waals surface area (Å²) in [5.74, 6) is 3.14. The normalized spacial score (nSPS) is 50.7. The minimum Gasteiger partial charge on any atom is -0.411 e. The molecule has 0 aromatic carbocycles. The van der Waals surface area contributed by atoms with Crippen LogP contribution in [0.25, 0.3) is 0 Å². The van der Waals surface area contributed by atoms with Gasteiger partial charge in [0.2, 0.25) is 5.78 Å². The summed E-state index contributed by atoms with van der Waals surface area (Å²) < 4.78 is 0. The largest absolute Gasteiger partial charge is 0.411 e. The quantitative estimate of drug-likeness (QED) is 0.414. The van der Waals surface area contributed by atoms with Crippen LogP contribution in [-0.2, 0) is 4.79 Å². The van der Waals surface area contributed by atoms with E-state index in [2.05, 4.69) is 38.6 Å². The van der Waals surface area contributed by atoms with Crippen molar-refractivity contribution in [1.29, 1.82) is 0 Å². The predicted molar refractivity (Wildman–Crippen MR) is 99.5 cm³/mol. The number of rotatable bonds is 1. The van der Waals surface area contributed by atoms with Gasteiger partial charge in [-0.2, -0.15) is 0 Å². The second-order valence-electron chi connectivity index (χ2n) is 9.59. The molecule has 4 aliphatic rings. The monoisotopic (exact) mass is 341 g/mol. The van der Waals surface area contributed by atoms with E-state index >= 15 is 0 Å². The number of ketones is 1. The molecule has 3 saturated carbocycles. The van der Waals surface area contributed by atoms with Crippen molar-refractivity contribution in [1.82, 2.24) is 0 Å². The third-order valence-corrected chi connectivity index (χ3v) is 8.86. The first-order valence-electron chi connectivity index (χ1n) is 9.94. The number of nitrogens with zero attached hydrogens (tertiary/aromatic N) is 1. The molecule has 0 radical (unpaired) electrons. The lowest BCUT2D eigenvalue weighted by atomic mass is 9.44. The number of allylic oxidation sites excluding steroid dienone is 2. The molecule has 0 aliphatic heterocycles. The molecule has 0 saturated heterocycles. The van der Waals surface area contributed by atoms with Crippen LogP contribution >= 0.6 is 0 Å². The van der Waals surface area contributed by atoms with E-state index in [9.17, 15) is 10.0 Å². The first-order valence-corrected chi connectivity index (χ1v) is 9.94. The highest BCUT2D eigenvalue weighted by Gasteiger charge is 2.60. The molecule has 4 rings (SSSR count). The first kappa shape index (κ1) is 17.1. The van der Waals surface area contributed by atoms with Gasteiger partial charge in [-0.25, -0.2) is 0 Å². The van der Waals surface area contributed by atoms with Crippen molar-refractivity contribution >= 4 is 11.5 Å². The number of fused-ring (bicyclic) bond motifs is 5. The zero-order valence-electron chi connectivity index (χ0n) is 15.8. The van der Waals surface area contributed by atoms with Crippen LogP contribution in [0.15, 0.2) is 29.5 Å². The number of hydrogen-bond acceptors (Lipinski definition) is 3. The smallest absolute Gasteiger partial charge is 0.203 e. The summed E-state index contributed by atoms with van der Waals surface area (Å²) in [6.45, 7) is 11.4. The van der Waals surface area contributed by atoms with Crippen molar-refractivity contribution in [3.63, 3.8) is 0 Å². The maximum atomic E-state index is 12.3. The Morgan fingerprint density at radius 3 is 2.72 bits per heavy atom. The van der Waals surface area contributed by atoms with Crippen LogP contribution in [0.5, 0.6) is 0 Å². The van der Waals surface area contributed by atoms with Gasteiger partial charge in [-0.1, -0.05) is 37.6 Å². The van der Waals surface area contributed by atoms with Crippen molar-refractivity contribution in [2.24, 2.45) is 45.6 Å². The Morgan fingerprint density at radius 2 is 2.04 bits per heavy atom. The van der Waals surface area contributed by atoms with E-state index in [0.29, 0.717) is 35.3 Å². The third-order valence-electron chi connectivity index (χ3n) is 8.86. The van der Waals surface area contributed by atoms with E-state index in [0.717, 1.165) is 18.3 Å². The van der Waals surface area contributed by atoms with E-state index in [1.165, 1.54) is 31.3 Å². The van der Waals surface area contributed by atoms with Gasteiger partial charge in [0.15, 0.2) is 0 Å². The highest BCUT2D eigenvalue weighted by molar-refractivity contribution is 6.44. The fraction of sp³-hybridized carbons (Fsp3) is 0.727. The summed E-state index contributed by atoms with van der Waals surface area (Å²) in [4.78, 5) is 12.3. The summed E-state index contributed by atoms with van der Waals surface area (Å²) in [7, 11) is 0. The van der Waals surface area contributed by atoms with Crippen molar-refractivity contribution in [2.75, 3.05) is 0 Å². The Labute approximate surface area is 151 Å². The molecule has 1 N–H and O–H groups in total. The van der Waals surface area contributed by atoms with Gasteiger partial charge in [-0.3, -0.25) is 4.79 Å². The molecular formula is C22H31NO2. The van der Waals surface area contributed by atoms with E-state index in [-0.39, 0.29) is 11.2 Å². The summed E-state index contributed by atoms with van der Waals surface area (Å²) in [5, 5.41) is 12.6. The summed E-state index contributed by atoms with van der Waals surface area (Å²) in [6.07, 6.45) is 10.7. The molecule has 0 aromatic rings. The van der Waals surface area contributed by atoms with Crippen molar-refractivity contribution in [2.45, 2.75) is 59.3 Å². The SMILES string of the molecule is C=CC1CC2=CC(=O)C(=NO)C[C@]2(C)[C@@H]2CC[C@]3(C)C(C)CC[C@H]3[C@H]12. The number of oxime groups is 1. The van der Waals surface area contributed by atoms with Crippen LogP contribution in [0, 0.1) is 40.4 Å². The molecule has 0 aromatic heterocycles. The van der Waals surface area contributed by atoms with Crippen molar-refractivity contribution in [3.8, 4) is 0 Å². The van der Waals surface area contributed by atoms with Gasteiger partial charge in [0.1, 0.15) is 5.71 Å². The lowest BCUT2D eigenvalue weighted by molar-refractivity contribution is -0.110. The molecule has 0 bridgehead atoms. The Morgan fingerprint density at radius 1 is 1.28 bits per heavy atom. The Bertz CT molecular complexity index is 678. The van der Waals surface area contributed by atoms with Crippen LogP contribution in [0.2, 0.25) is 0 Å². The average Bonchev–Trinajstić information content (AvgIpc) is 2.90. The molecule has 0 heterocycles. The lowest BCUT2D eigenvalue weighted by Crippen LogP contribution is -2.54. The molecular weight excluding hydrogens is 310 g/mol. The molecule has 4 aliphatic carbocycles. The number of carbonyl (C=O) groups excluding carboxylic acids is 1. The van der Waals surface area contributed by atoms with E-state index < -0.39 is 0 Å². The highest BCUT2D eigenvalue weighted by Crippen LogP contribution is 2.67. The van der Waals surface area contributed by atoms with Crippen molar-refractivity contribution < 1.29 is 10.0 Å². The molecule has 3 heteroatoms. The van der Waals surface area contributed by atoms with Crippen LogP contribution in [0.3, 0.4) is 0 Å². The molecule has 0 amide bonds. The Kier molecular flexibility index (Phi) is 3.79. The fourth-order valence-corrected chi connectivity index (χ4v) is 7.13. The summed E-state index contributed by atoms with van der Waals surface area (Å²) >= 11 is 0. The van der Waals surface area contributed by atoms with Crippen LogP contribution < -0.4 is 0 Å². The number of carbonyl (C=O) groups is 1. The van der Waals surface area contributed by atoms with E-state index in [1.807, 2.05) is 0 Å². The lowest BCUT2D eigenvalue weighted by Gasteiger charge is -2.60. The van der Waals surface area contributed by atoms with Crippen LogP contribution in [0.4, 0.5) is 0 Å². The van der Waals surface area contributed by atoms with Gasteiger partial charge in [0.25, 0.3) is 0 Å². The third kappa shape index (κ3) is 2.17. The zero-order valence-corrected chi connectivity index (χ0v) is 15.8. The van der Waals surface area contributed by atoms with Gasteiger partial charge < -0.3 is 5.21 Å². The summed E-state index contributed by atoms with van der Waals surface area (Å²) in [5.41, 5.74) is 2.03. The molecule has 0 spiro atoms. The zero-order chi connectivity index (χ0) is 18.0. The second kappa shape index (κ2) is 5.56.